The first-order chi connectivity index (χ1) is 9.92. The molecule has 0 aliphatic heterocycles. The number of hydrogen-bond acceptors (Lipinski definition) is 5. The molecule has 3 atom stereocenters. The van der Waals surface area contributed by atoms with E-state index in [1.54, 1.807) is 0 Å². The normalized spacial score (nSPS) is 25.6. The molecule has 1 aliphatic carbocycles. The number of nitrogens with zero attached hydrogens (tertiary/aromatic N) is 2. The van der Waals surface area contributed by atoms with E-state index in [9.17, 15) is 4.79 Å². The summed E-state index contributed by atoms with van der Waals surface area (Å²) in [7, 11) is 1.95. The summed E-state index contributed by atoms with van der Waals surface area (Å²) in [5, 5.41) is 3.93. The zero-order chi connectivity index (χ0) is 15.6. The van der Waals surface area contributed by atoms with Gasteiger partial charge >= 0.3 is 0 Å². The lowest BCUT2D eigenvalue weighted by Crippen LogP contribution is -2.39. The Morgan fingerprint density at radius 1 is 1.43 bits per heavy atom. The number of anilines is 2. The summed E-state index contributed by atoms with van der Waals surface area (Å²) in [5.74, 6) is 1.67. The predicted molar refractivity (Wildman–Crippen MR) is 88.9 cm³/mol. The summed E-state index contributed by atoms with van der Waals surface area (Å²) in [4.78, 5) is 19.2. The summed E-state index contributed by atoms with van der Waals surface area (Å²) in [6, 6.07) is 0.262. The molecule has 1 aromatic heterocycles. The van der Waals surface area contributed by atoms with Crippen LogP contribution in [-0.4, -0.2) is 30.5 Å². The molecule has 1 saturated carbocycles. The highest BCUT2D eigenvalue weighted by molar-refractivity contribution is 7.18. The van der Waals surface area contributed by atoms with Crippen molar-refractivity contribution < 1.29 is 4.79 Å². The Morgan fingerprint density at radius 2 is 2.14 bits per heavy atom. The van der Waals surface area contributed by atoms with Gasteiger partial charge in [0.15, 0.2) is 5.13 Å². The minimum absolute atomic E-state index is 0.0764. The van der Waals surface area contributed by atoms with E-state index in [2.05, 4.69) is 24.1 Å². The first-order valence-electron chi connectivity index (χ1n) is 7.70. The molecule has 0 bridgehead atoms. The SMILES string of the molecule is CCN(C)c1nc(N)c(C(=O)NC2CCC(C)C(C)C2)s1. The molecule has 2 rings (SSSR count). The summed E-state index contributed by atoms with van der Waals surface area (Å²) in [6.07, 6.45) is 3.28. The van der Waals surface area contributed by atoms with Crippen LogP contribution in [-0.2, 0) is 0 Å². The number of thiazole rings is 1. The Labute approximate surface area is 130 Å². The average molecular weight is 310 g/mol. The highest BCUT2D eigenvalue weighted by Crippen LogP contribution is 2.31. The van der Waals surface area contributed by atoms with Crippen LogP contribution >= 0.6 is 11.3 Å². The number of nitrogen functional groups attached to an aromatic ring is 1. The van der Waals surface area contributed by atoms with E-state index >= 15 is 0 Å². The van der Waals surface area contributed by atoms with Crippen molar-refractivity contribution in [1.29, 1.82) is 0 Å². The van der Waals surface area contributed by atoms with Gasteiger partial charge in [-0.1, -0.05) is 25.2 Å². The molecule has 3 N–H and O–H groups in total. The molecule has 1 heterocycles. The number of nitrogens with one attached hydrogen (secondary N) is 1. The van der Waals surface area contributed by atoms with Gasteiger partial charge in [0.2, 0.25) is 0 Å². The van der Waals surface area contributed by atoms with E-state index in [0.717, 1.165) is 30.4 Å². The fourth-order valence-electron chi connectivity index (χ4n) is 2.71. The van der Waals surface area contributed by atoms with E-state index in [0.29, 0.717) is 16.6 Å². The third kappa shape index (κ3) is 3.67. The van der Waals surface area contributed by atoms with Crippen LogP contribution in [0.5, 0.6) is 0 Å². The molecule has 1 aliphatic rings. The Balaban J connectivity index is 2.02. The maximum atomic E-state index is 12.4. The molecule has 118 valence electrons. The molecule has 0 spiro atoms. The molecule has 6 heteroatoms. The largest absolute Gasteiger partial charge is 0.382 e. The van der Waals surface area contributed by atoms with Gasteiger partial charge in [0, 0.05) is 19.6 Å². The van der Waals surface area contributed by atoms with E-state index in [4.69, 9.17) is 5.73 Å². The second-order valence-electron chi connectivity index (χ2n) is 6.16. The minimum Gasteiger partial charge on any atom is -0.382 e. The molecule has 0 aromatic carbocycles. The van der Waals surface area contributed by atoms with Crippen LogP contribution < -0.4 is 16.0 Å². The molecule has 3 unspecified atom stereocenters. The zero-order valence-corrected chi connectivity index (χ0v) is 14.2. The van der Waals surface area contributed by atoms with Gasteiger partial charge in [-0.15, -0.1) is 0 Å². The lowest BCUT2D eigenvalue weighted by Gasteiger charge is -2.32. The van der Waals surface area contributed by atoms with E-state index in [1.165, 1.54) is 17.8 Å². The van der Waals surface area contributed by atoms with Crippen molar-refractivity contribution in [3.63, 3.8) is 0 Å². The van der Waals surface area contributed by atoms with E-state index in [1.807, 2.05) is 18.9 Å². The third-order valence-electron chi connectivity index (χ3n) is 4.58. The van der Waals surface area contributed by atoms with Crippen molar-refractivity contribution in [3.8, 4) is 0 Å². The Morgan fingerprint density at radius 3 is 2.76 bits per heavy atom. The molecule has 5 nitrogen and oxygen atoms in total. The number of hydrogen-bond donors (Lipinski definition) is 2. The van der Waals surface area contributed by atoms with Crippen molar-refractivity contribution in [3.05, 3.63) is 4.88 Å². The average Bonchev–Trinajstić information content (AvgIpc) is 2.84. The van der Waals surface area contributed by atoms with Crippen LogP contribution in [0.4, 0.5) is 10.9 Å². The van der Waals surface area contributed by atoms with Crippen molar-refractivity contribution in [2.75, 3.05) is 24.2 Å². The molecule has 0 saturated heterocycles. The summed E-state index contributed by atoms with van der Waals surface area (Å²) in [6.45, 7) is 7.43. The first-order valence-corrected chi connectivity index (χ1v) is 8.52. The van der Waals surface area contributed by atoms with Gasteiger partial charge in [0.25, 0.3) is 5.91 Å². The van der Waals surface area contributed by atoms with Gasteiger partial charge in [0.1, 0.15) is 10.7 Å². The van der Waals surface area contributed by atoms with Crippen LogP contribution in [0.15, 0.2) is 0 Å². The predicted octanol–water partition coefficient (Wildman–Crippen LogP) is 2.74. The molecule has 1 fully saturated rings. The maximum absolute atomic E-state index is 12.4. The zero-order valence-electron chi connectivity index (χ0n) is 13.3. The van der Waals surface area contributed by atoms with Crippen LogP contribution in [0.2, 0.25) is 0 Å². The minimum atomic E-state index is -0.0764. The lowest BCUT2D eigenvalue weighted by atomic mass is 9.79. The lowest BCUT2D eigenvalue weighted by molar-refractivity contribution is 0.0915. The molecule has 21 heavy (non-hydrogen) atoms. The fourth-order valence-corrected chi connectivity index (χ4v) is 3.62. The number of rotatable bonds is 4. The smallest absolute Gasteiger partial charge is 0.265 e. The van der Waals surface area contributed by atoms with Gasteiger partial charge in [0.05, 0.1) is 0 Å². The number of carbonyl (C=O) groups excluding carboxylic acids is 1. The Hall–Kier alpha value is -1.30. The molecular weight excluding hydrogens is 284 g/mol. The first kappa shape index (κ1) is 16.1. The van der Waals surface area contributed by atoms with Crippen LogP contribution in [0.3, 0.4) is 0 Å². The van der Waals surface area contributed by atoms with Crippen LogP contribution in [0, 0.1) is 11.8 Å². The third-order valence-corrected chi connectivity index (χ3v) is 5.77. The second-order valence-corrected chi connectivity index (χ2v) is 7.14. The Bertz CT molecular complexity index is 502. The topological polar surface area (TPSA) is 71.2 Å². The van der Waals surface area contributed by atoms with Crippen LogP contribution in [0.1, 0.15) is 49.7 Å². The standard InChI is InChI=1S/C15H26N4OS/c1-5-19(4)15-18-13(16)12(21-15)14(20)17-11-7-6-9(2)10(3)8-11/h9-11H,5-8,16H2,1-4H3,(H,17,20). The second kappa shape index (κ2) is 6.64. The molecule has 0 radical (unpaired) electrons. The van der Waals surface area contributed by atoms with Gasteiger partial charge in [-0.2, -0.15) is 0 Å². The van der Waals surface area contributed by atoms with Crippen molar-refractivity contribution >= 4 is 28.2 Å². The number of nitrogens with two attached hydrogens (primary N) is 1. The highest BCUT2D eigenvalue weighted by Gasteiger charge is 2.27. The maximum Gasteiger partial charge on any atom is 0.265 e. The number of carbonyl (C=O) groups is 1. The monoisotopic (exact) mass is 310 g/mol. The summed E-state index contributed by atoms with van der Waals surface area (Å²) >= 11 is 1.37. The highest BCUT2D eigenvalue weighted by atomic mass is 32.1. The fraction of sp³-hybridized carbons (Fsp3) is 0.733. The van der Waals surface area contributed by atoms with E-state index < -0.39 is 0 Å². The van der Waals surface area contributed by atoms with E-state index in [-0.39, 0.29) is 11.9 Å². The number of amides is 1. The van der Waals surface area contributed by atoms with Gasteiger partial charge in [-0.3, -0.25) is 4.79 Å². The van der Waals surface area contributed by atoms with Gasteiger partial charge < -0.3 is 16.0 Å². The molecule has 1 amide bonds. The summed E-state index contributed by atoms with van der Waals surface area (Å²) in [5.41, 5.74) is 5.90. The Kier molecular flexibility index (Phi) is 5.08. The molecular formula is C15H26N4OS. The van der Waals surface area contributed by atoms with Gasteiger partial charge in [-0.25, -0.2) is 4.98 Å². The van der Waals surface area contributed by atoms with Gasteiger partial charge in [-0.05, 0) is 38.0 Å². The van der Waals surface area contributed by atoms with Crippen molar-refractivity contribution in [2.45, 2.75) is 46.1 Å². The number of aromatic nitrogens is 1. The van der Waals surface area contributed by atoms with Crippen molar-refractivity contribution in [1.82, 2.24) is 10.3 Å². The quantitative estimate of drug-likeness (QED) is 0.897. The van der Waals surface area contributed by atoms with Crippen molar-refractivity contribution in [2.24, 2.45) is 11.8 Å². The molecule has 1 aromatic rings. The van der Waals surface area contributed by atoms with Crippen LogP contribution in [0.25, 0.3) is 0 Å². The summed E-state index contributed by atoms with van der Waals surface area (Å²) < 4.78 is 0.